The van der Waals surface area contributed by atoms with Gasteiger partial charge in [0.05, 0.1) is 15.8 Å². The van der Waals surface area contributed by atoms with Crippen LogP contribution in [0.1, 0.15) is 12.0 Å². The molecular weight excluding hydrogens is 424 g/mol. The molecule has 1 aliphatic heterocycles. The topological polar surface area (TPSA) is 30.8 Å². The molecule has 0 N–H and O–H groups in total. The lowest BCUT2D eigenvalue weighted by Gasteiger charge is -2.13. The highest BCUT2D eigenvalue weighted by molar-refractivity contribution is 9.10. The van der Waals surface area contributed by atoms with Crippen LogP contribution in [0.3, 0.4) is 0 Å². The summed E-state index contributed by atoms with van der Waals surface area (Å²) in [7, 11) is 0. The Kier molecular flexibility index (Phi) is 5.37. The summed E-state index contributed by atoms with van der Waals surface area (Å²) in [6.45, 7) is 0.296. The third-order valence-corrected chi connectivity index (χ3v) is 4.60. The fraction of sp³-hybridized carbons (Fsp3) is 0.188. The summed E-state index contributed by atoms with van der Waals surface area (Å²) < 4.78 is 6.70. The molecule has 0 bridgehead atoms. The molecule has 0 aliphatic carbocycles. The maximum Gasteiger partial charge on any atom is 0.167 e. The Morgan fingerprint density at radius 1 is 1.13 bits per heavy atom. The number of rotatable bonds is 4. The standard InChI is InChI=1S/C16H11BrCl3NO2/c17-10-3-1-9(2-4-10)15-7-12(23-21-15)8-22-16-13(19)5-11(18)6-14(16)20/h1-6,12H,7-8H2. The van der Waals surface area contributed by atoms with Crippen molar-refractivity contribution in [1.29, 1.82) is 0 Å². The molecule has 2 aromatic rings. The molecule has 3 rings (SSSR count). The normalized spacial score (nSPS) is 16.9. The summed E-state index contributed by atoms with van der Waals surface area (Å²) >= 11 is 21.5. The van der Waals surface area contributed by atoms with Crippen LogP contribution in [0.25, 0.3) is 0 Å². The molecule has 7 heteroatoms. The van der Waals surface area contributed by atoms with Crippen LogP contribution in [0.2, 0.25) is 15.1 Å². The Hall–Kier alpha value is -0.940. The molecule has 0 saturated heterocycles. The van der Waals surface area contributed by atoms with Crippen LogP contribution in [0.4, 0.5) is 0 Å². The van der Waals surface area contributed by atoms with E-state index in [-0.39, 0.29) is 6.10 Å². The minimum atomic E-state index is -0.184. The predicted octanol–water partition coefficient (Wildman–Crippen LogP) is 5.98. The van der Waals surface area contributed by atoms with Gasteiger partial charge in [-0.15, -0.1) is 0 Å². The van der Waals surface area contributed by atoms with E-state index in [1.807, 2.05) is 24.3 Å². The van der Waals surface area contributed by atoms with E-state index in [0.717, 1.165) is 15.7 Å². The van der Waals surface area contributed by atoms with Crippen molar-refractivity contribution >= 4 is 56.4 Å². The summed E-state index contributed by atoms with van der Waals surface area (Å²) in [6, 6.07) is 11.1. The molecule has 1 heterocycles. The van der Waals surface area contributed by atoms with Gasteiger partial charge >= 0.3 is 0 Å². The van der Waals surface area contributed by atoms with E-state index in [0.29, 0.717) is 33.8 Å². The first-order valence-corrected chi connectivity index (χ1v) is 8.71. The molecule has 2 aromatic carbocycles. The van der Waals surface area contributed by atoms with Gasteiger partial charge < -0.3 is 9.57 Å². The van der Waals surface area contributed by atoms with Gasteiger partial charge in [0, 0.05) is 15.9 Å². The minimum Gasteiger partial charge on any atom is -0.486 e. The number of hydrogen-bond donors (Lipinski definition) is 0. The second-order valence-electron chi connectivity index (χ2n) is 4.99. The van der Waals surface area contributed by atoms with E-state index in [1.165, 1.54) is 0 Å². The zero-order valence-electron chi connectivity index (χ0n) is 11.7. The lowest BCUT2D eigenvalue weighted by molar-refractivity contribution is 0.0471. The monoisotopic (exact) mass is 433 g/mol. The van der Waals surface area contributed by atoms with E-state index >= 15 is 0 Å². The molecule has 0 spiro atoms. The molecule has 0 radical (unpaired) electrons. The van der Waals surface area contributed by atoms with Crippen molar-refractivity contribution in [3.63, 3.8) is 0 Å². The second-order valence-corrected chi connectivity index (χ2v) is 7.15. The average Bonchev–Trinajstić information content (AvgIpc) is 2.96. The van der Waals surface area contributed by atoms with Crippen LogP contribution < -0.4 is 4.74 Å². The van der Waals surface area contributed by atoms with E-state index in [1.54, 1.807) is 12.1 Å². The minimum absolute atomic E-state index is 0.184. The van der Waals surface area contributed by atoms with Crippen LogP contribution in [-0.2, 0) is 4.84 Å². The summed E-state index contributed by atoms with van der Waals surface area (Å²) in [5.41, 5.74) is 1.91. The molecule has 120 valence electrons. The van der Waals surface area contributed by atoms with Crippen molar-refractivity contribution in [2.45, 2.75) is 12.5 Å². The van der Waals surface area contributed by atoms with Gasteiger partial charge in [-0.1, -0.05) is 68.0 Å². The zero-order chi connectivity index (χ0) is 16.4. The maximum absolute atomic E-state index is 6.09. The lowest BCUT2D eigenvalue weighted by Crippen LogP contribution is -2.18. The van der Waals surface area contributed by atoms with Crippen LogP contribution in [0, 0.1) is 0 Å². The molecule has 1 unspecified atom stereocenters. The highest BCUT2D eigenvalue weighted by Gasteiger charge is 2.23. The predicted molar refractivity (Wildman–Crippen MR) is 97.1 cm³/mol. The van der Waals surface area contributed by atoms with Crippen molar-refractivity contribution in [2.24, 2.45) is 5.16 Å². The Morgan fingerprint density at radius 2 is 1.78 bits per heavy atom. The number of nitrogens with zero attached hydrogens (tertiary/aromatic N) is 1. The smallest absolute Gasteiger partial charge is 0.167 e. The number of benzene rings is 2. The third-order valence-electron chi connectivity index (χ3n) is 3.29. The van der Waals surface area contributed by atoms with Gasteiger partial charge in [-0.2, -0.15) is 0 Å². The summed E-state index contributed by atoms with van der Waals surface area (Å²) in [6.07, 6.45) is 0.473. The molecule has 0 saturated carbocycles. The molecule has 3 nitrogen and oxygen atoms in total. The summed E-state index contributed by atoms with van der Waals surface area (Å²) in [5, 5.41) is 5.33. The van der Waals surface area contributed by atoms with Gasteiger partial charge in [0.15, 0.2) is 11.9 Å². The summed E-state index contributed by atoms with van der Waals surface area (Å²) in [5.74, 6) is 0.401. The van der Waals surface area contributed by atoms with Crippen LogP contribution in [0.5, 0.6) is 5.75 Å². The quantitative estimate of drug-likeness (QED) is 0.591. The zero-order valence-corrected chi connectivity index (χ0v) is 15.6. The second kappa shape index (κ2) is 7.31. The number of hydrogen-bond acceptors (Lipinski definition) is 3. The van der Waals surface area contributed by atoms with Gasteiger partial charge in [0.2, 0.25) is 0 Å². The third kappa shape index (κ3) is 4.13. The molecule has 0 amide bonds. The van der Waals surface area contributed by atoms with Crippen LogP contribution in [-0.4, -0.2) is 18.4 Å². The number of ether oxygens (including phenoxy) is 1. The average molecular weight is 436 g/mol. The maximum atomic E-state index is 6.09. The lowest BCUT2D eigenvalue weighted by atomic mass is 10.1. The van der Waals surface area contributed by atoms with E-state index in [4.69, 9.17) is 44.4 Å². The largest absolute Gasteiger partial charge is 0.486 e. The number of halogens is 4. The number of oxime groups is 1. The van der Waals surface area contributed by atoms with Crippen molar-refractivity contribution in [3.8, 4) is 5.75 Å². The SMILES string of the molecule is Clc1cc(Cl)c(OCC2CC(c3ccc(Br)cc3)=NO2)c(Cl)c1. The first kappa shape index (κ1) is 16.9. The van der Waals surface area contributed by atoms with Gasteiger partial charge in [0.25, 0.3) is 0 Å². The van der Waals surface area contributed by atoms with Crippen molar-refractivity contribution in [1.82, 2.24) is 0 Å². The Morgan fingerprint density at radius 3 is 2.43 bits per heavy atom. The van der Waals surface area contributed by atoms with Crippen molar-refractivity contribution in [3.05, 3.63) is 61.5 Å². The Labute approximate surface area is 157 Å². The highest BCUT2D eigenvalue weighted by Crippen LogP contribution is 2.36. The first-order valence-electron chi connectivity index (χ1n) is 6.79. The first-order chi connectivity index (χ1) is 11.0. The van der Waals surface area contributed by atoms with Crippen LogP contribution >= 0.6 is 50.7 Å². The Balaban J connectivity index is 1.61. The molecule has 0 fully saturated rings. The van der Waals surface area contributed by atoms with E-state index in [9.17, 15) is 0 Å². The summed E-state index contributed by atoms with van der Waals surface area (Å²) in [4.78, 5) is 5.41. The van der Waals surface area contributed by atoms with Gasteiger partial charge in [-0.25, -0.2) is 0 Å². The van der Waals surface area contributed by atoms with E-state index in [2.05, 4.69) is 21.1 Å². The van der Waals surface area contributed by atoms with E-state index < -0.39 is 0 Å². The molecular formula is C16H11BrCl3NO2. The fourth-order valence-corrected chi connectivity index (χ4v) is 3.36. The molecule has 1 aliphatic rings. The van der Waals surface area contributed by atoms with Gasteiger partial charge in [-0.05, 0) is 29.8 Å². The molecule has 0 aromatic heterocycles. The van der Waals surface area contributed by atoms with Crippen molar-refractivity contribution < 1.29 is 9.57 Å². The molecule has 23 heavy (non-hydrogen) atoms. The van der Waals surface area contributed by atoms with Crippen molar-refractivity contribution in [2.75, 3.05) is 6.61 Å². The Bertz CT molecular complexity index is 726. The van der Waals surface area contributed by atoms with Gasteiger partial charge in [0.1, 0.15) is 6.61 Å². The molecule has 1 atom stereocenters. The van der Waals surface area contributed by atoms with Crippen LogP contribution in [0.15, 0.2) is 46.0 Å². The van der Waals surface area contributed by atoms with Gasteiger partial charge in [-0.3, -0.25) is 0 Å². The fourth-order valence-electron chi connectivity index (χ4n) is 2.17. The highest BCUT2D eigenvalue weighted by atomic mass is 79.9.